The van der Waals surface area contributed by atoms with Gasteiger partial charge in [0.1, 0.15) is 12.4 Å². The summed E-state index contributed by atoms with van der Waals surface area (Å²) in [5, 5.41) is 23.7. The number of halogens is 1. The Hall–Kier alpha value is -3.06. The SMILES string of the molecule is COCOC[C@@](C)(O)c1ccccc1C(O)CCc1cccc(C=Cc2ccc3ccc(Cl)cc3n2)c1. The van der Waals surface area contributed by atoms with Crippen LogP contribution in [0.2, 0.25) is 5.02 Å². The van der Waals surface area contributed by atoms with E-state index in [0.717, 1.165) is 27.7 Å². The number of methoxy groups -OCH3 is 1. The minimum absolute atomic E-state index is 0.0675. The third kappa shape index (κ3) is 7.25. The molecule has 1 unspecified atom stereocenters. The van der Waals surface area contributed by atoms with Crippen LogP contribution in [0.4, 0.5) is 0 Å². The second-order valence-corrected chi connectivity index (χ2v) is 9.76. The summed E-state index contributed by atoms with van der Waals surface area (Å²) in [6.45, 7) is 1.85. The number of benzene rings is 3. The van der Waals surface area contributed by atoms with Gasteiger partial charge in [0.25, 0.3) is 0 Å². The molecule has 0 aliphatic heterocycles. The molecule has 0 saturated heterocycles. The molecule has 0 aliphatic rings. The highest BCUT2D eigenvalue weighted by molar-refractivity contribution is 6.31. The van der Waals surface area contributed by atoms with Crippen LogP contribution in [-0.2, 0) is 21.5 Å². The predicted octanol–water partition coefficient (Wildman–Crippen LogP) is 6.55. The Balaban J connectivity index is 1.43. The Morgan fingerprint density at radius 2 is 1.81 bits per heavy atom. The summed E-state index contributed by atoms with van der Waals surface area (Å²) in [5.41, 5.74) is 4.00. The van der Waals surface area contributed by atoms with Crippen molar-refractivity contribution in [1.82, 2.24) is 4.98 Å². The molecule has 192 valence electrons. The van der Waals surface area contributed by atoms with Crippen molar-refractivity contribution in [3.63, 3.8) is 0 Å². The van der Waals surface area contributed by atoms with E-state index in [-0.39, 0.29) is 13.4 Å². The first-order valence-electron chi connectivity index (χ1n) is 12.3. The molecule has 0 aliphatic carbocycles. The molecule has 0 radical (unpaired) electrons. The van der Waals surface area contributed by atoms with Crippen LogP contribution < -0.4 is 0 Å². The second kappa shape index (κ2) is 12.5. The average molecular weight is 518 g/mol. The molecular formula is C31H32ClNO4. The summed E-state index contributed by atoms with van der Waals surface area (Å²) in [6.07, 6.45) is 4.50. The molecule has 0 bridgehead atoms. The summed E-state index contributed by atoms with van der Waals surface area (Å²) < 4.78 is 10.3. The van der Waals surface area contributed by atoms with Crippen LogP contribution in [0.15, 0.2) is 78.9 Å². The van der Waals surface area contributed by atoms with Crippen molar-refractivity contribution < 1.29 is 19.7 Å². The van der Waals surface area contributed by atoms with Gasteiger partial charge in [-0.2, -0.15) is 0 Å². The summed E-state index contributed by atoms with van der Waals surface area (Å²) in [4.78, 5) is 4.68. The number of rotatable bonds is 11. The second-order valence-electron chi connectivity index (χ2n) is 9.32. The van der Waals surface area contributed by atoms with Gasteiger partial charge in [0.05, 0.1) is 23.9 Å². The van der Waals surface area contributed by atoms with E-state index in [1.54, 1.807) is 6.92 Å². The van der Waals surface area contributed by atoms with Gasteiger partial charge in [0.15, 0.2) is 0 Å². The fraction of sp³-hybridized carbons (Fsp3) is 0.258. The third-order valence-corrected chi connectivity index (χ3v) is 6.50. The first kappa shape index (κ1) is 27.0. The molecule has 5 nitrogen and oxygen atoms in total. The number of nitrogens with zero attached hydrogens (tertiary/aromatic N) is 1. The Bertz CT molecular complexity index is 1370. The van der Waals surface area contributed by atoms with Crippen LogP contribution >= 0.6 is 11.6 Å². The van der Waals surface area contributed by atoms with Gasteiger partial charge >= 0.3 is 0 Å². The third-order valence-electron chi connectivity index (χ3n) is 6.26. The molecule has 0 amide bonds. The highest BCUT2D eigenvalue weighted by Gasteiger charge is 2.28. The van der Waals surface area contributed by atoms with Crippen LogP contribution in [0.1, 0.15) is 47.4 Å². The van der Waals surface area contributed by atoms with Gasteiger partial charge in [0, 0.05) is 17.5 Å². The van der Waals surface area contributed by atoms with Crippen LogP contribution in [0.3, 0.4) is 0 Å². The topological polar surface area (TPSA) is 71.8 Å². The maximum Gasteiger partial charge on any atom is 0.146 e. The molecule has 2 N–H and O–H groups in total. The Morgan fingerprint density at radius 3 is 2.65 bits per heavy atom. The maximum absolute atomic E-state index is 11.0. The lowest BCUT2D eigenvalue weighted by atomic mass is 9.88. The minimum Gasteiger partial charge on any atom is -0.388 e. The smallest absolute Gasteiger partial charge is 0.146 e. The molecule has 0 fully saturated rings. The molecule has 1 heterocycles. The van der Waals surface area contributed by atoms with Crippen LogP contribution in [0.5, 0.6) is 0 Å². The normalized spacial score (nSPS) is 14.2. The Kier molecular flexibility index (Phi) is 9.09. The number of hydrogen-bond acceptors (Lipinski definition) is 5. The van der Waals surface area contributed by atoms with E-state index >= 15 is 0 Å². The van der Waals surface area contributed by atoms with Gasteiger partial charge in [-0.15, -0.1) is 0 Å². The summed E-state index contributed by atoms with van der Waals surface area (Å²) in [5.74, 6) is 0. The monoisotopic (exact) mass is 517 g/mol. The molecule has 37 heavy (non-hydrogen) atoms. The van der Waals surface area contributed by atoms with Gasteiger partial charge in [-0.05, 0) is 66.3 Å². The molecule has 4 rings (SSSR count). The van der Waals surface area contributed by atoms with E-state index < -0.39 is 11.7 Å². The van der Waals surface area contributed by atoms with Crippen LogP contribution in [-0.4, -0.2) is 35.7 Å². The van der Waals surface area contributed by atoms with Crippen molar-refractivity contribution in [2.24, 2.45) is 0 Å². The molecular weight excluding hydrogens is 486 g/mol. The molecule has 2 atom stereocenters. The van der Waals surface area contributed by atoms with Crippen molar-refractivity contribution in [3.05, 3.63) is 112 Å². The quantitative estimate of drug-likeness (QED) is 0.174. The Morgan fingerprint density at radius 1 is 1.00 bits per heavy atom. The average Bonchev–Trinajstić information content (AvgIpc) is 2.90. The lowest BCUT2D eigenvalue weighted by Crippen LogP contribution is -2.30. The van der Waals surface area contributed by atoms with Crippen molar-refractivity contribution in [1.29, 1.82) is 0 Å². The zero-order valence-corrected chi connectivity index (χ0v) is 21.9. The molecule has 3 aromatic carbocycles. The zero-order chi connectivity index (χ0) is 26.3. The number of aliphatic hydroxyl groups is 2. The molecule has 1 aromatic heterocycles. The van der Waals surface area contributed by atoms with E-state index in [9.17, 15) is 10.2 Å². The molecule has 6 heteroatoms. The number of aliphatic hydroxyl groups excluding tert-OH is 1. The van der Waals surface area contributed by atoms with Gasteiger partial charge < -0.3 is 19.7 Å². The molecule has 4 aromatic rings. The number of fused-ring (bicyclic) bond motifs is 1. The number of pyridine rings is 1. The van der Waals surface area contributed by atoms with E-state index in [4.69, 9.17) is 21.1 Å². The first-order valence-corrected chi connectivity index (χ1v) is 12.6. The predicted molar refractivity (Wildman–Crippen MR) is 149 cm³/mol. The van der Waals surface area contributed by atoms with E-state index in [1.165, 1.54) is 7.11 Å². The zero-order valence-electron chi connectivity index (χ0n) is 21.1. The minimum atomic E-state index is -1.25. The summed E-state index contributed by atoms with van der Waals surface area (Å²) >= 11 is 6.11. The van der Waals surface area contributed by atoms with Crippen molar-refractivity contribution in [2.45, 2.75) is 31.5 Å². The number of aryl methyl sites for hydroxylation is 1. The standard InChI is InChI=1S/C31H32ClNO4/c1-31(35,20-37-21-36-2)28-9-4-3-8-27(28)30(34)17-11-23-7-5-6-22(18-23)10-15-26-16-13-24-12-14-25(32)19-29(24)33-26/h3-10,12-16,18-19,30,34-35H,11,17,20-21H2,1-2H3/t30?,31-/m1/s1. The molecule has 0 spiro atoms. The maximum atomic E-state index is 11.0. The molecule has 0 saturated carbocycles. The highest BCUT2D eigenvalue weighted by atomic mass is 35.5. The van der Waals surface area contributed by atoms with E-state index in [1.807, 2.05) is 78.9 Å². The van der Waals surface area contributed by atoms with E-state index in [2.05, 4.69) is 17.1 Å². The van der Waals surface area contributed by atoms with Gasteiger partial charge in [-0.25, -0.2) is 4.98 Å². The number of hydrogen-bond donors (Lipinski definition) is 2. The Labute approximate surface area is 223 Å². The fourth-order valence-corrected chi connectivity index (χ4v) is 4.54. The van der Waals surface area contributed by atoms with Crippen molar-refractivity contribution in [2.75, 3.05) is 20.5 Å². The van der Waals surface area contributed by atoms with Gasteiger partial charge in [0.2, 0.25) is 0 Å². The first-order chi connectivity index (χ1) is 17.9. The van der Waals surface area contributed by atoms with Crippen LogP contribution in [0, 0.1) is 0 Å². The van der Waals surface area contributed by atoms with Crippen LogP contribution in [0.25, 0.3) is 23.1 Å². The lowest BCUT2D eigenvalue weighted by Gasteiger charge is -2.28. The number of ether oxygens (including phenoxy) is 2. The highest BCUT2D eigenvalue weighted by Crippen LogP contribution is 2.31. The summed E-state index contributed by atoms with van der Waals surface area (Å²) in [7, 11) is 1.54. The van der Waals surface area contributed by atoms with Gasteiger partial charge in [-0.1, -0.05) is 78.3 Å². The van der Waals surface area contributed by atoms with Gasteiger partial charge in [-0.3, -0.25) is 0 Å². The number of aromatic nitrogens is 1. The summed E-state index contributed by atoms with van der Waals surface area (Å²) in [6, 6.07) is 25.3. The van der Waals surface area contributed by atoms with E-state index in [0.29, 0.717) is 29.0 Å². The van der Waals surface area contributed by atoms with Crippen molar-refractivity contribution >= 4 is 34.7 Å². The fourth-order valence-electron chi connectivity index (χ4n) is 4.37. The lowest BCUT2D eigenvalue weighted by molar-refractivity contribution is -0.0984. The largest absolute Gasteiger partial charge is 0.388 e. The van der Waals surface area contributed by atoms with Crippen molar-refractivity contribution in [3.8, 4) is 0 Å².